The van der Waals surface area contributed by atoms with Crippen molar-refractivity contribution in [3.63, 3.8) is 0 Å². The number of piperidine rings is 1. The van der Waals surface area contributed by atoms with Gasteiger partial charge in [-0.05, 0) is 24.3 Å². The summed E-state index contributed by atoms with van der Waals surface area (Å²) in [5, 5.41) is 11.7. The zero-order valence-electron chi connectivity index (χ0n) is 13.9. The average Bonchev–Trinajstić information content (AvgIpc) is 2.66. The van der Waals surface area contributed by atoms with Gasteiger partial charge >= 0.3 is 0 Å². The molecule has 130 valence electrons. The van der Waals surface area contributed by atoms with Crippen LogP contribution in [0, 0.1) is 10.1 Å². The second-order valence-corrected chi connectivity index (χ2v) is 7.22. The van der Waals surface area contributed by atoms with Crippen LogP contribution in [-0.4, -0.2) is 51.2 Å². The molecule has 8 heteroatoms. The molecule has 2 aromatic rings. The lowest BCUT2D eigenvalue weighted by atomic mass is 9.86. The number of fused-ring (bicyclic) bond motifs is 2. The lowest BCUT2D eigenvalue weighted by Crippen LogP contribution is -2.68. The van der Waals surface area contributed by atoms with E-state index in [-0.39, 0.29) is 10.6 Å². The molecule has 0 aliphatic carbocycles. The summed E-state index contributed by atoms with van der Waals surface area (Å²) < 4.78 is 0. The monoisotopic (exact) mass is 357 g/mol. The molecule has 0 saturated carbocycles. The number of rotatable bonds is 5. The fraction of sp³-hybridized carbons (Fsp3) is 0.412. The number of benzene rings is 1. The van der Waals surface area contributed by atoms with Crippen molar-refractivity contribution in [2.75, 3.05) is 24.2 Å². The Kier molecular flexibility index (Phi) is 4.30. The highest BCUT2D eigenvalue weighted by molar-refractivity contribution is 7.98. The van der Waals surface area contributed by atoms with Crippen LogP contribution in [0.4, 0.5) is 11.5 Å². The highest BCUT2D eigenvalue weighted by atomic mass is 32.2. The van der Waals surface area contributed by atoms with E-state index in [9.17, 15) is 10.1 Å². The number of anilines is 1. The average molecular weight is 357 g/mol. The van der Waals surface area contributed by atoms with E-state index in [0.717, 1.165) is 36.2 Å². The van der Waals surface area contributed by atoms with E-state index in [0.29, 0.717) is 12.1 Å². The summed E-state index contributed by atoms with van der Waals surface area (Å²) in [7, 11) is 0. The summed E-state index contributed by atoms with van der Waals surface area (Å²) in [6.07, 6.45) is 4.98. The van der Waals surface area contributed by atoms with Gasteiger partial charge < -0.3 is 4.90 Å². The minimum atomic E-state index is -0.333. The molecule has 2 atom stereocenters. The first-order valence-electron chi connectivity index (χ1n) is 8.25. The van der Waals surface area contributed by atoms with Crippen LogP contribution in [0.5, 0.6) is 0 Å². The maximum absolute atomic E-state index is 10.9. The zero-order chi connectivity index (χ0) is 17.4. The molecule has 3 saturated heterocycles. The fourth-order valence-corrected chi connectivity index (χ4v) is 4.07. The van der Waals surface area contributed by atoms with E-state index in [1.54, 1.807) is 30.0 Å². The van der Waals surface area contributed by atoms with Crippen molar-refractivity contribution in [3.8, 4) is 0 Å². The van der Waals surface area contributed by atoms with E-state index < -0.39 is 0 Å². The number of thioether (sulfide) groups is 1. The van der Waals surface area contributed by atoms with Crippen molar-refractivity contribution in [2.24, 2.45) is 0 Å². The summed E-state index contributed by atoms with van der Waals surface area (Å²) >= 11 is 1.55. The Bertz CT molecular complexity index is 790. The molecule has 3 fully saturated rings. The molecule has 0 spiro atoms. The molecule has 3 aliphatic rings. The summed E-state index contributed by atoms with van der Waals surface area (Å²) in [5.74, 6) is 0.990. The van der Waals surface area contributed by atoms with E-state index in [4.69, 9.17) is 0 Å². The van der Waals surface area contributed by atoms with Crippen LogP contribution >= 0.6 is 11.8 Å². The maximum atomic E-state index is 10.9. The molecule has 2 bridgehead atoms. The molecule has 1 aromatic heterocycles. The van der Waals surface area contributed by atoms with E-state index >= 15 is 0 Å². The van der Waals surface area contributed by atoms with Crippen LogP contribution in [-0.2, 0) is 6.54 Å². The Labute approximate surface area is 150 Å². The van der Waals surface area contributed by atoms with E-state index in [1.807, 2.05) is 24.6 Å². The Morgan fingerprint density at radius 3 is 2.84 bits per heavy atom. The molecule has 0 amide bonds. The van der Waals surface area contributed by atoms with E-state index in [1.165, 1.54) is 6.42 Å². The lowest BCUT2D eigenvalue weighted by molar-refractivity contribution is -0.384. The van der Waals surface area contributed by atoms with E-state index in [2.05, 4.69) is 19.8 Å². The second kappa shape index (κ2) is 6.61. The largest absolute Gasteiger partial charge is 0.353 e. The first-order chi connectivity index (χ1) is 12.1. The minimum absolute atomic E-state index is 0.162. The number of nitro groups is 1. The van der Waals surface area contributed by atoms with Crippen molar-refractivity contribution in [3.05, 3.63) is 52.2 Å². The highest BCUT2D eigenvalue weighted by Crippen LogP contribution is 2.35. The van der Waals surface area contributed by atoms with Gasteiger partial charge in [-0.1, -0.05) is 23.9 Å². The van der Waals surface area contributed by atoms with Gasteiger partial charge in [0.25, 0.3) is 5.69 Å². The van der Waals surface area contributed by atoms with Gasteiger partial charge in [0.15, 0.2) is 5.16 Å². The van der Waals surface area contributed by atoms with Crippen LogP contribution in [0.1, 0.15) is 12.0 Å². The zero-order valence-corrected chi connectivity index (χ0v) is 14.7. The molecular formula is C17H19N5O2S. The first kappa shape index (κ1) is 16.3. The fourth-order valence-electron chi connectivity index (χ4n) is 3.72. The molecule has 5 rings (SSSR count). The number of nitro benzene ring substituents is 1. The highest BCUT2D eigenvalue weighted by Gasteiger charge is 2.44. The van der Waals surface area contributed by atoms with Crippen molar-refractivity contribution < 1.29 is 4.92 Å². The number of piperazine rings is 1. The molecule has 2 unspecified atom stereocenters. The van der Waals surface area contributed by atoms with Crippen molar-refractivity contribution >= 4 is 23.3 Å². The number of hydrogen-bond donors (Lipinski definition) is 0. The number of nitrogens with zero attached hydrogens (tertiary/aromatic N) is 5. The first-order valence-corrected chi connectivity index (χ1v) is 9.47. The third-order valence-corrected chi connectivity index (χ3v) is 5.52. The number of non-ortho nitro benzene ring substituents is 1. The molecule has 4 heterocycles. The Morgan fingerprint density at radius 2 is 2.12 bits per heavy atom. The van der Waals surface area contributed by atoms with Gasteiger partial charge in [-0.15, -0.1) is 0 Å². The van der Waals surface area contributed by atoms with Crippen LogP contribution < -0.4 is 4.90 Å². The topological polar surface area (TPSA) is 75.4 Å². The van der Waals surface area contributed by atoms with Crippen LogP contribution in [0.2, 0.25) is 0 Å². The van der Waals surface area contributed by atoms with Crippen LogP contribution in [0.3, 0.4) is 0 Å². The van der Waals surface area contributed by atoms with Crippen molar-refractivity contribution in [1.82, 2.24) is 14.9 Å². The number of aromatic nitrogens is 2. The summed E-state index contributed by atoms with van der Waals surface area (Å²) in [5.41, 5.74) is 1.17. The van der Waals surface area contributed by atoms with Crippen molar-refractivity contribution in [1.29, 1.82) is 0 Å². The predicted molar refractivity (Wildman–Crippen MR) is 96.9 cm³/mol. The molecule has 1 aromatic carbocycles. The van der Waals surface area contributed by atoms with Crippen molar-refractivity contribution in [2.45, 2.75) is 30.2 Å². The van der Waals surface area contributed by atoms with Gasteiger partial charge in [-0.25, -0.2) is 9.97 Å². The van der Waals surface area contributed by atoms with Gasteiger partial charge in [-0.3, -0.25) is 15.0 Å². The number of hydrogen-bond acceptors (Lipinski definition) is 7. The standard InChI is InChI=1S/C17H19N5O2S/c1-25-17-18-6-5-16(19-17)20-10-14-8-15(11-20)21(14)9-12-3-2-4-13(7-12)22(23)24/h2-7,14-15H,8-11H2,1H3. The van der Waals surface area contributed by atoms with Crippen LogP contribution in [0.25, 0.3) is 0 Å². The van der Waals surface area contributed by atoms with Gasteiger partial charge in [0.1, 0.15) is 5.82 Å². The maximum Gasteiger partial charge on any atom is 0.269 e. The normalized spacial score (nSPS) is 22.5. The molecule has 3 aliphatic heterocycles. The van der Waals surface area contributed by atoms with Crippen LogP contribution in [0.15, 0.2) is 41.7 Å². The lowest BCUT2D eigenvalue weighted by Gasteiger charge is -2.56. The van der Waals surface area contributed by atoms with Gasteiger partial charge in [-0.2, -0.15) is 0 Å². The summed E-state index contributed by atoms with van der Waals surface area (Å²) in [6, 6.07) is 9.88. The minimum Gasteiger partial charge on any atom is -0.353 e. The third-order valence-electron chi connectivity index (χ3n) is 4.96. The Balaban J connectivity index is 1.43. The van der Waals surface area contributed by atoms with Gasteiger partial charge in [0.2, 0.25) is 0 Å². The SMILES string of the molecule is CSc1nccc(N2CC3CC(C2)N3Cc2cccc([N+](=O)[O-])c2)n1. The molecule has 7 nitrogen and oxygen atoms in total. The second-order valence-electron chi connectivity index (χ2n) is 6.45. The summed E-state index contributed by atoms with van der Waals surface area (Å²) in [6.45, 7) is 2.65. The molecule has 25 heavy (non-hydrogen) atoms. The van der Waals surface area contributed by atoms with Gasteiger partial charge in [0, 0.05) is 50.0 Å². The Morgan fingerprint density at radius 1 is 1.32 bits per heavy atom. The predicted octanol–water partition coefficient (Wildman–Crippen LogP) is 2.57. The van der Waals surface area contributed by atoms with Gasteiger partial charge in [0.05, 0.1) is 4.92 Å². The molecule has 0 N–H and O–H groups in total. The smallest absolute Gasteiger partial charge is 0.269 e. The summed E-state index contributed by atoms with van der Waals surface area (Å²) in [4.78, 5) is 24.2. The molecular weight excluding hydrogens is 338 g/mol. The third kappa shape index (κ3) is 3.19. The Hall–Kier alpha value is -2.19. The molecule has 0 radical (unpaired) electrons. The quantitative estimate of drug-likeness (QED) is 0.352.